The van der Waals surface area contributed by atoms with Crippen molar-refractivity contribution in [3.8, 4) is 6.07 Å². The summed E-state index contributed by atoms with van der Waals surface area (Å²) in [4.78, 5) is 26.7. The number of amides is 2. The van der Waals surface area contributed by atoms with Gasteiger partial charge in [-0.3, -0.25) is 4.79 Å². The van der Waals surface area contributed by atoms with E-state index in [-0.39, 0.29) is 37.2 Å². The van der Waals surface area contributed by atoms with E-state index in [1.165, 1.54) is 4.90 Å². The number of hydrogen-bond donors (Lipinski definition) is 3. The van der Waals surface area contributed by atoms with Crippen molar-refractivity contribution < 1.29 is 29.1 Å². The van der Waals surface area contributed by atoms with Crippen molar-refractivity contribution in [2.45, 2.75) is 46.1 Å². The zero-order chi connectivity index (χ0) is 24.6. The van der Waals surface area contributed by atoms with Crippen LogP contribution in [0.4, 0.5) is 4.79 Å². The molecule has 1 aromatic carbocycles. The monoisotopic (exact) mass is 457 g/mol. The number of rotatable bonds is 7. The predicted octanol–water partition coefficient (Wildman–Crippen LogP) is 1.37. The average Bonchev–Trinajstić information content (AvgIpc) is 2.76. The lowest BCUT2D eigenvalue weighted by atomic mass is 9.76. The third-order valence-corrected chi connectivity index (χ3v) is 5.06. The van der Waals surface area contributed by atoms with Gasteiger partial charge in [0, 0.05) is 6.54 Å². The normalized spacial score (nSPS) is 17.7. The van der Waals surface area contributed by atoms with E-state index >= 15 is 0 Å². The van der Waals surface area contributed by atoms with Crippen LogP contribution in [0.15, 0.2) is 35.9 Å². The minimum Gasteiger partial charge on any atom is -0.447 e. The zero-order valence-electron chi connectivity index (χ0n) is 19.6. The SMILES string of the molecule is Cc1ccc(C[C@H](NC(=O)OCC2COCCN2C(=O)C(C#N)=CC(C)(C)C)B(O)O)cc1. The fourth-order valence-corrected chi connectivity index (χ4v) is 3.36. The van der Waals surface area contributed by atoms with Crippen LogP contribution < -0.4 is 5.32 Å². The summed E-state index contributed by atoms with van der Waals surface area (Å²) in [6, 6.07) is 8.88. The number of aryl methyl sites for hydroxylation is 1. The molecule has 1 aromatic rings. The Morgan fingerprint density at radius 3 is 2.61 bits per heavy atom. The Morgan fingerprint density at radius 1 is 1.36 bits per heavy atom. The standard InChI is InChI=1S/C23H32BN3O6/c1-16-5-7-17(8-6-16)11-20(24(30)31)26-22(29)33-15-19-14-32-10-9-27(19)21(28)18(13-25)12-23(2,3)4/h5-8,12,19-20,30-31H,9-11,14-15H2,1-4H3,(H,26,29)/t19?,20-/m0/s1. The van der Waals surface area contributed by atoms with Crippen molar-refractivity contribution >= 4 is 19.1 Å². The summed E-state index contributed by atoms with van der Waals surface area (Å²) in [6.45, 7) is 8.20. The van der Waals surface area contributed by atoms with Crippen LogP contribution in [-0.4, -0.2) is 72.4 Å². The maximum Gasteiger partial charge on any atom is 0.475 e. The quantitative estimate of drug-likeness (QED) is 0.320. The van der Waals surface area contributed by atoms with Crippen molar-refractivity contribution in [2.75, 3.05) is 26.4 Å². The van der Waals surface area contributed by atoms with Gasteiger partial charge in [0.05, 0.1) is 25.2 Å². The van der Waals surface area contributed by atoms with Crippen LogP contribution >= 0.6 is 0 Å². The molecule has 1 aliphatic rings. The van der Waals surface area contributed by atoms with E-state index in [0.29, 0.717) is 6.61 Å². The molecule has 0 aliphatic carbocycles. The Kier molecular flexibility index (Phi) is 9.47. The van der Waals surface area contributed by atoms with E-state index in [0.717, 1.165) is 11.1 Å². The molecule has 2 rings (SSSR count). The Balaban J connectivity index is 1.99. The van der Waals surface area contributed by atoms with E-state index in [2.05, 4.69) is 5.32 Å². The largest absolute Gasteiger partial charge is 0.475 e. The Hall–Kier alpha value is -2.87. The molecule has 9 nitrogen and oxygen atoms in total. The topological polar surface area (TPSA) is 132 Å². The van der Waals surface area contributed by atoms with Crippen molar-refractivity contribution in [3.63, 3.8) is 0 Å². The van der Waals surface area contributed by atoms with Crippen LogP contribution in [0.25, 0.3) is 0 Å². The molecule has 0 bridgehead atoms. The van der Waals surface area contributed by atoms with Crippen LogP contribution in [0.3, 0.4) is 0 Å². The van der Waals surface area contributed by atoms with Crippen LogP contribution in [0.5, 0.6) is 0 Å². The van der Waals surface area contributed by atoms with E-state index in [1.807, 2.05) is 58.0 Å². The van der Waals surface area contributed by atoms with Crippen LogP contribution in [-0.2, 0) is 20.7 Å². The molecular weight excluding hydrogens is 425 g/mol. The number of benzene rings is 1. The molecule has 1 unspecified atom stereocenters. The van der Waals surface area contributed by atoms with E-state index in [4.69, 9.17) is 9.47 Å². The number of ether oxygens (including phenoxy) is 2. The van der Waals surface area contributed by atoms with Gasteiger partial charge in [-0.2, -0.15) is 5.26 Å². The number of morpholine rings is 1. The summed E-state index contributed by atoms with van der Waals surface area (Å²) in [7, 11) is -1.78. The molecule has 1 fully saturated rings. The van der Waals surface area contributed by atoms with Gasteiger partial charge in [-0.15, -0.1) is 0 Å². The van der Waals surface area contributed by atoms with Crippen molar-refractivity contribution in [2.24, 2.45) is 5.41 Å². The Labute approximate surface area is 195 Å². The second-order valence-electron chi connectivity index (χ2n) is 9.22. The maximum atomic E-state index is 12.9. The van der Waals surface area contributed by atoms with Crippen LogP contribution in [0, 0.1) is 23.7 Å². The Morgan fingerprint density at radius 2 is 2.03 bits per heavy atom. The number of carbonyl (C=O) groups is 2. The zero-order valence-corrected chi connectivity index (χ0v) is 19.6. The number of nitrogens with zero attached hydrogens (tertiary/aromatic N) is 2. The molecule has 0 saturated carbocycles. The lowest BCUT2D eigenvalue weighted by Gasteiger charge is -2.35. The number of carbonyl (C=O) groups excluding carboxylic acids is 2. The molecule has 2 atom stereocenters. The first kappa shape index (κ1) is 26.4. The molecule has 1 heterocycles. The second-order valence-corrected chi connectivity index (χ2v) is 9.22. The predicted molar refractivity (Wildman–Crippen MR) is 123 cm³/mol. The molecule has 1 aliphatic heterocycles. The molecule has 2 amide bonds. The van der Waals surface area contributed by atoms with Gasteiger partial charge in [0.2, 0.25) is 0 Å². The molecule has 33 heavy (non-hydrogen) atoms. The lowest BCUT2D eigenvalue weighted by molar-refractivity contribution is -0.137. The minimum absolute atomic E-state index is 0.0282. The summed E-state index contributed by atoms with van der Waals surface area (Å²) in [6.07, 6.45) is 0.977. The van der Waals surface area contributed by atoms with Gasteiger partial charge in [-0.25, -0.2) is 4.79 Å². The lowest BCUT2D eigenvalue weighted by Crippen LogP contribution is -2.53. The smallest absolute Gasteiger partial charge is 0.447 e. The molecular formula is C23H32BN3O6. The fourth-order valence-electron chi connectivity index (χ4n) is 3.36. The van der Waals surface area contributed by atoms with Gasteiger partial charge in [0.15, 0.2) is 0 Å². The van der Waals surface area contributed by atoms with E-state index in [9.17, 15) is 24.9 Å². The molecule has 178 valence electrons. The number of hydrogen-bond acceptors (Lipinski definition) is 7. The van der Waals surface area contributed by atoms with Gasteiger partial charge in [-0.1, -0.05) is 56.7 Å². The third kappa shape index (κ3) is 8.53. The minimum atomic E-state index is -1.78. The molecule has 1 saturated heterocycles. The second kappa shape index (κ2) is 11.8. The molecule has 0 radical (unpaired) electrons. The number of alkyl carbamates (subject to hydrolysis) is 1. The summed E-state index contributed by atoms with van der Waals surface area (Å²) in [5.41, 5.74) is 1.57. The summed E-state index contributed by atoms with van der Waals surface area (Å²) in [5.74, 6) is -1.41. The molecule has 0 spiro atoms. The van der Waals surface area contributed by atoms with E-state index < -0.39 is 31.1 Å². The van der Waals surface area contributed by atoms with Crippen molar-refractivity contribution in [1.82, 2.24) is 10.2 Å². The average molecular weight is 457 g/mol. The van der Waals surface area contributed by atoms with Crippen molar-refractivity contribution in [3.05, 3.63) is 47.0 Å². The Bertz CT molecular complexity index is 889. The highest BCUT2D eigenvalue weighted by molar-refractivity contribution is 6.43. The summed E-state index contributed by atoms with van der Waals surface area (Å²) in [5, 5.41) is 31.2. The number of nitrogens with one attached hydrogen (secondary N) is 1. The summed E-state index contributed by atoms with van der Waals surface area (Å²) >= 11 is 0. The van der Waals surface area contributed by atoms with E-state index in [1.54, 1.807) is 6.08 Å². The van der Waals surface area contributed by atoms with Crippen molar-refractivity contribution in [1.29, 1.82) is 5.26 Å². The fraction of sp³-hybridized carbons (Fsp3) is 0.522. The molecule has 10 heteroatoms. The van der Waals surface area contributed by atoms with Gasteiger partial charge >= 0.3 is 13.2 Å². The van der Waals surface area contributed by atoms with Gasteiger partial charge < -0.3 is 29.7 Å². The first-order valence-electron chi connectivity index (χ1n) is 10.9. The number of allylic oxidation sites excluding steroid dienone is 1. The summed E-state index contributed by atoms with van der Waals surface area (Å²) < 4.78 is 10.7. The maximum absolute atomic E-state index is 12.9. The highest BCUT2D eigenvalue weighted by Crippen LogP contribution is 2.20. The van der Waals surface area contributed by atoms with Gasteiger partial charge in [-0.05, 0) is 24.3 Å². The third-order valence-electron chi connectivity index (χ3n) is 5.06. The van der Waals surface area contributed by atoms with Crippen LogP contribution in [0.2, 0.25) is 0 Å². The molecule has 0 aromatic heterocycles. The van der Waals surface area contributed by atoms with Crippen LogP contribution in [0.1, 0.15) is 31.9 Å². The first-order valence-corrected chi connectivity index (χ1v) is 10.9. The van der Waals surface area contributed by atoms with Gasteiger partial charge in [0.1, 0.15) is 18.2 Å². The van der Waals surface area contributed by atoms with Gasteiger partial charge in [0.25, 0.3) is 5.91 Å². The number of nitriles is 1. The molecule has 3 N–H and O–H groups in total. The first-order chi connectivity index (χ1) is 15.5. The highest BCUT2D eigenvalue weighted by atomic mass is 16.6. The highest BCUT2D eigenvalue weighted by Gasteiger charge is 2.32.